The zero-order valence-corrected chi connectivity index (χ0v) is 14.0. The Kier molecular flexibility index (Phi) is 4.30. The van der Waals surface area contributed by atoms with E-state index < -0.39 is 24.1 Å². The summed E-state index contributed by atoms with van der Waals surface area (Å²) in [7, 11) is 0. The second-order valence-electron chi connectivity index (χ2n) is 7.11. The summed E-state index contributed by atoms with van der Waals surface area (Å²) >= 11 is 0. The molecule has 0 saturated heterocycles. The van der Waals surface area contributed by atoms with E-state index in [0.29, 0.717) is 22.3 Å². The number of benzene rings is 2. The van der Waals surface area contributed by atoms with Gasteiger partial charge in [0, 0.05) is 11.1 Å². The standard InChI is InChI=1S/C21H20F4/c22-10-4-7-13-8-9-14-16-11-15(12-5-2-1-3-6-12)20(24)21(25)18(16)17(14)19(13)23/h8-9,11-12H,1-7,10H2. The molecule has 0 nitrogen and oxygen atoms in total. The van der Waals surface area contributed by atoms with Crippen molar-refractivity contribution in [2.75, 3.05) is 6.67 Å². The van der Waals surface area contributed by atoms with Crippen molar-refractivity contribution < 1.29 is 17.6 Å². The largest absolute Gasteiger partial charge is 0.251 e. The highest BCUT2D eigenvalue weighted by atomic mass is 19.2. The van der Waals surface area contributed by atoms with Crippen molar-refractivity contribution in [2.45, 2.75) is 50.9 Å². The van der Waals surface area contributed by atoms with E-state index in [4.69, 9.17) is 0 Å². The van der Waals surface area contributed by atoms with E-state index in [0.717, 1.165) is 32.1 Å². The third-order valence-electron chi connectivity index (χ3n) is 5.62. The van der Waals surface area contributed by atoms with Gasteiger partial charge < -0.3 is 0 Å². The van der Waals surface area contributed by atoms with Crippen LogP contribution in [0.5, 0.6) is 0 Å². The van der Waals surface area contributed by atoms with Gasteiger partial charge in [-0.15, -0.1) is 0 Å². The number of alkyl halides is 1. The molecule has 2 aromatic rings. The second kappa shape index (κ2) is 6.47. The molecule has 2 aliphatic carbocycles. The molecule has 1 saturated carbocycles. The van der Waals surface area contributed by atoms with E-state index in [9.17, 15) is 17.6 Å². The average molecular weight is 348 g/mol. The predicted molar refractivity (Wildman–Crippen MR) is 90.9 cm³/mol. The molecule has 4 heteroatoms. The smallest absolute Gasteiger partial charge is 0.167 e. The van der Waals surface area contributed by atoms with Gasteiger partial charge in [-0.1, -0.05) is 31.4 Å². The van der Waals surface area contributed by atoms with Crippen LogP contribution in [-0.2, 0) is 6.42 Å². The molecule has 0 heterocycles. The summed E-state index contributed by atoms with van der Waals surface area (Å²) in [6.07, 6.45) is 5.44. The predicted octanol–water partition coefficient (Wildman–Crippen LogP) is 6.70. The quantitative estimate of drug-likeness (QED) is 0.460. The molecule has 0 aromatic heterocycles. The zero-order valence-electron chi connectivity index (χ0n) is 14.0. The topological polar surface area (TPSA) is 0 Å². The van der Waals surface area contributed by atoms with Crippen LogP contribution in [0, 0.1) is 17.5 Å². The van der Waals surface area contributed by atoms with Gasteiger partial charge in [0.2, 0.25) is 0 Å². The lowest BCUT2D eigenvalue weighted by Crippen LogP contribution is -2.14. The number of fused-ring (bicyclic) bond motifs is 4. The number of hydrogen-bond acceptors (Lipinski definition) is 0. The van der Waals surface area contributed by atoms with Crippen molar-refractivity contribution in [3.8, 4) is 22.3 Å². The Balaban J connectivity index is 1.76. The molecule has 25 heavy (non-hydrogen) atoms. The third kappa shape index (κ3) is 2.57. The summed E-state index contributed by atoms with van der Waals surface area (Å²) in [4.78, 5) is 0. The molecule has 0 N–H and O–H groups in total. The van der Waals surface area contributed by atoms with Crippen LogP contribution in [0.15, 0.2) is 18.2 Å². The molecule has 0 radical (unpaired) electrons. The van der Waals surface area contributed by atoms with Gasteiger partial charge in [0.25, 0.3) is 0 Å². The van der Waals surface area contributed by atoms with Crippen LogP contribution in [0.3, 0.4) is 0 Å². The summed E-state index contributed by atoms with van der Waals surface area (Å²) < 4.78 is 56.4. The Morgan fingerprint density at radius 1 is 0.840 bits per heavy atom. The molecule has 0 atom stereocenters. The second-order valence-corrected chi connectivity index (χ2v) is 7.11. The third-order valence-corrected chi connectivity index (χ3v) is 5.62. The molecule has 0 unspecified atom stereocenters. The minimum absolute atomic E-state index is 0.0475. The summed E-state index contributed by atoms with van der Waals surface area (Å²) in [5.74, 6) is -2.26. The highest BCUT2D eigenvalue weighted by Gasteiger charge is 2.35. The summed E-state index contributed by atoms with van der Waals surface area (Å²) in [5.41, 5.74) is 2.23. The van der Waals surface area contributed by atoms with Crippen LogP contribution >= 0.6 is 0 Å². The molecule has 0 bridgehead atoms. The Morgan fingerprint density at radius 3 is 2.28 bits per heavy atom. The molecule has 2 aromatic carbocycles. The molecule has 0 spiro atoms. The van der Waals surface area contributed by atoms with E-state index in [1.54, 1.807) is 18.2 Å². The van der Waals surface area contributed by atoms with Gasteiger partial charge in [-0.2, -0.15) is 0 Å². The SMILES string of the molecule is FCCCc1ccc2c(c1F)-c1c-2cc(C2CCCCC2)c(F)c1F. The van der Waals surface area contributed by atoms with E-state index in [1.165, 1.54) is 0 Å². The van der Waals surface area contributed by atoms with Gasteiger partial charge in [0.05, 0.1) is 6.67 Å². The fraction of sp³-hybridized carbons (Fsp3) is 0.429. The van der Waals surface area contributed by atoms with Gasteiger partial charge in [-0.25, -0.2) is 13.2 Å². The molecule has 4 rings (SSSR count). The van der Waals surface area contributed by atoms with Crippen LogP contribution in [0.1, 0.15) is 55.6 Å². The van der Waals surface area contributed by atoms with Gasteiger partial charge in [0.15, 0.2) is 11.6 Å². The Morgan fingerprint density at radius 2 is 1.56 bits per heavy atom. The Labute approximate surface area is 144 Å². The molecule has 0 amide bonds. The highest BCUT2D eigenvalue weighted by molar-refractivity contribution is 6.03. The first-order valence-electron chi connectivity index (χ1n) is 9.03. The van der Waals surface area contributed by atoms with Crippen LogP contribution < -0.4 is 0 Å². The van der Waals surface area contributed by atoms with Gasteiger partial charge in [-0.05, 0) is 59.9 Å². The minimum Gasteiger partial charge on any atom is -0.251 e. The first kappa shape index (κ1) is 16.6. The van der Waals surface area contributed by atoms with Crippen molar-refractivity contribution in [2.24, 2.45) is 0 Å². The number of halogens is 4. The maximum atomic E-state index is 14.7. The fourth-order valence-corrected chi connectivity index (χ4v) is 4.29. The van der Waals surface area contributed by atoms with Crippen molar-refractivity contribution in [1.82, 2.24) is 0 Å². The van der Waals surface area contributed by atoms with Crippen molar-refractivity contribution in [3.05, 3.63) is 46.8 Å². The zero-order chi connectivity index (χ0) is 17.6. The molecule has 1 fully saturated rings. The monoisotopic (exact) mass is 348 g/mol. The van der Waals surface area contributed by atoms with E-state index in [1.807, 2.05) is 0 Å². The van der Waals surface area contributed by atoms with Crippen LogP contribution in [0.4, 0.5) is 17.6 Å². The van der Waals surface area contributed by atoms with E-state index >= 15 is 0 Å². The highest BCUT2D eigenvalue weighted by Crippen LogP contribution is 2.53. The maximum absolute atomic E-state index is 14.7. The molecule has 0 aliphatic heterocycles. The van der Waals surface area contributed by atoms with Crippen LogP contribution in [0.2, 0.25) is 0 Å². The number of hydrogen-bond donors (Lipinski definition) is 0. The lowest BCUT2D eigenvalue weighted by Gasteiger charge is -2.30. The Bertz CT molecular complexity index is 819. The summed E-state index contributed by atoms with van der Waals surface area (Å²) in [6.45, 7) is -0.527. The van der Waals surface area contributed by atoms with Gasteiger partial charge in [-0.3, -0.25) is 4.39 Å². The van der Waals surface area contributed by atoms with E-state index in [2.05, 4.69) is 0 Å². The lowest BCUT2D eigenvalue weighted by molar-refractivity contribution is 0.417. The molecule has 2 aliphatic rings. The maximum Gasteiger partial charge on any atom is 0.167 e. The normalized spacial score (nSPS) is 16.3. The summed E-state index contributed by atoms with van der Waals surface area (Å²) in [6, 6.07) is 5.09. The average Bonchev–Trinajstić information content (AvgIpc) is 2.62. The van der Waals surface area contributed by atoms with Crippen LogP contribution in [-0.4, -0.2) is 6.67 Å². The molecular weight excluding hydrogens is 328 g/mol. The van der Waals surface area contributed by atoms with Crippen LogP contribution in [0.25, 0.3) is 22.3 Å². The number of rotatable bonds is 4. The summed E-state index contributed by atoms with van der Waals surface area (Å²) in [5, 5.41) is 0. The first-order valence-corrected chi connectivity index (χ1v) is 9.03. The van der Waals surface area contributed by atoms with Gasteiger partial charge in [0.1, 0.15) is 5.82 Å². The molecular formula is C21H20F4. The molecule has 132 valence electrons. The number of aryl methyl sites for hydroxylation is 1. The van der Waals surface area contributed by atoms with E-state index in [-0.39, 0.29) is 29.9 Å². The van der Waals surface area contributed by atoms with Crippen molar-refractivity contribution in [3.63, 3.8) is 0 Å². The first-order chi connectivity index (χ1) is 12.1. The Hall–Kier alpha value is -1.84. The minimum atomic E-state index is -0.938. The lowest BCUT2D eigenvalue weighted by atomic mass is 9.75. The van der Waals surface area contributed by atoms with Gasteiger partial charge >= 0.3 is 0 Å². The fourth-order valence-electron chi connectivity index (χ4n) is 4.29. The van der Waals surface area contributed by atoms with Crippen molar-refractivity contribution in [1.29, 1.82) is 0 Å². The van der Waals surface area contributed by atoms with Crippen molar-refractivity contribution >= 4 is 0 Å².